The van der Waals surface area contributed by atoms with E-state index in [4.69, 9.17) is 9.47 Å². The van der Waals surface area contributed by atoms with E-state index in [9.17, 15) is 9.59 Å². The van der Waals surface area contributed by atoms with E-state index < -0.39 is 18.0 Å². The maximum Gasteiger partial charge on any atom is 0.338 e. The molecule has 11 heteroatoms. The van der Waals surface area contributed by atoms with Crippen LogP contribution in [0.3, 0.4) is 0 Å². The molecule has 0 saturated carbocycles. The molecule has 1 unspecified atom stereocenters. The standard InChI is InChI=1S/C24H26N6O4S/c1-5-34-23(31)21-18(25-24(32)26-22(21)16-6-8-17(33-4)9-7-16)13-35-20-11-10-19(27-28-20)30-15(3)12-14(2)29-30/h6-12,22H,5,13H2,1-4H3,(H2,25,26,32). The van der Waals surface area contributed by atoms with Gasteiger partial charge in [-0.2, -0.15) is 5.10 Å². The number of thioether (sulfide) groups is 1. The van der Waals surface area contributed by atoms with Gasteiger partial charge in [0.05, 0.1) is 31.0 Å². The Morgan fingerprint density at radius 2 is 1.91 bits per heavy atom. The highest BCUT2D eigenvalue weighted by Crippen LogP contribution is 2.31. The van der Waals surface area contributed by atoms with Crippen LogP contribution in [0, 0.1) is 13.8 Å². The summed E-state index contributed by atoms with van der Waals surface area (Å²) in [6.45, 7) is 5.82. The molecule has 0 aliphatic carbocycles. The number of aromatic nitrogens is 4. The molecule has 0 spiro atoms. The van der Waals surface area contributed by atoms with Gasteiger partial charge in [0.2, 0.25) is 0 Å². The van der Waals surface area contributed by atoms with Crippen molar-refractivity contribution >= 4 is 23.8 Å². The minimum atomic E-state index is -0.663. The van der Waals surface area contributed by atoms with Crippen LogP contribution in [0.5, 0.6) is 5.75 Å². The van der Waals surface area contributed by atoms with Gasteiger partial charge in [-0.3, -0.25) is 0 Å². The Labute approximate surface area is 207 Å². The first-order valence-corrected chi connectivity index (χ1v) is 12.0. The summed E-state index contributed by atoms with van der Waals surface area (Å²) >= 11 is 1.35. The topological polar surface area (TPSA) is 120 Å². The van der Waals surface area contributed by atoms with E-state index in [1.807, 2.05) is 44.2 Å². The Balaban J connectivity index is 1.59. The molecule has 0 saturated heterocycles. The molecule has 2 aromatic heterocycles. The molecule has 35 heavy (non-hydrogen) atoms. The number of rotatable bonds is 8. The highest BCUT2D eigenvalue weighted by Gasteiger charge is 2.33. The number of aryl methyl sites for hydroxylation is 2. The Bertz CT molecular complexity index is 1250. The van der Waals surface area contributed by atoms with Gasteiger partial charge in [-0.1, -0.05) is 23.9 Å². The summed E-state index contributed by atoms with van der Waals surface area (Å²) in [5.41, 5.74) is 3.40. The Kier molecular flexibility index (Phi) is 7.35. The number of nitrogens with one attached hydrogen (secondary N) is 2. The average molecular weight is 495 g/mol. The lowest BCUT2D eigenvalue weighted by atomic mass is 9.95. The van der Waals surface area contributed by atoms with E-state index in [2.05, 4.69) is 25.9 Å². The van der Waals surface area contributed by atoms with Crippen molar-refractivity contribution in [1.29, 1.82) is 0 Å². The fraction of sp³-hybridized carbons (Fsp3) is 0.292. The molecule has 3 aromatic rings. The lowest BCUT2D eigenvalue weighted by molar-refractivity contribution is -0.139. The van der Waals surface area contributed by atoms with Gasteiger partial charge in [0, 0.05) is 17.1 Å². The lowest BCUT2D eigenvalue weighted by Crippen LogP contribution is -2.46. The van der Waals surface area contributed by atoms with Gasteiger partial charge in [0.1, 0.15) is 10.8 Å². The third-order valence-electron chi connectivity index (χ3n) is 5.32. The summed E-state index contributed by atoms with van der Waals surface area (Å²) in [5, 5.41) is 19.2. The van der Waals surface area contributed by atoms with Gasteiger partial charge in [0.15, 0.2) is 5.82 Å². The summed E-state index contributed by atoms with van der Waals surface area (Å²) < 4.78 is 12.3. The van der Waals surface area contributed by atoms with Crippen LogP contribution in [-0.2, 0) is 9.53 Å². The Morgan fingerprint density at radius 1 is 1.14 bits per heavy atom. The highest BCUT2D eigenvalue weighted by molar-refractivity contribution is 7.99. The second-order valence-electron chi connectivity index (χ2n) is 7.77. The third kappa shape index (κ3) is 5.46. The van der Waals surface area contributed by atoms with E-state index in [1.165, 1.54) is 11.8 Å². The monoisotopic (exact) mass is 494 g/mol. The van der Waals surface area contributed by atoms with Crippen molar-refractivity contribution in [2.75, 3.05) is 19.5 Å². The molecular formula is C24H26N6O4S. The van der Waals surface area contributed by atoms with Crippen molar-refractivity contribution in [1.82, 2.24) is 30.6 Å². The van der Waals surface area contributed by atoms with Gasteiger partial charge >= 0.3 is 12.0 Å². The Hall–Kier alpha value is -3.86. The molecule has 1 atom stereocenters. The minimum absolute atomic E-state index is 0.214. The number of carbonyl (C=O) groups is 2. The number of carbonyl (C=O) groups excluding carboxylic acids is 2. The maximum absolute atomic E-state index is 12.9. The molecule has 10 nitrogen and oxygen atoms in total. The maximum atomic E-state index is 12.9. The molecule has 4 rings (SSSR count). The number of methoxy groups -OCH3 is 1. The first kappa shape index (κ1) is 24.3. The van der Waals surface area contributed by atoms with Crippen molar-refractivity contribution in [3.05, 3.63) is 70.7 Å². The molecule has 1 aromatic carbocycles. The number of hydrogen-bond acceptors (Lipinski definition) is 8. The second kappa shape index (κ2) is 10.6. The summed E-state index contributed by atoms with van der Waals surface area (Å²) in [4.78, 5) is 25.4. The van der Waals surface area contributed by atoms with Crippen LogP contribution in [0.1, 0.15) is 29.9 Å². The summed E-state index contributed by atoms with van der Waals surface area (Å²) in [5.74, 6) is 1.08. The van der Waals surface area contributed by atoms with E-state index in [1.54, 1.807) is 30.8 Å². The number of ether oxygens (including phenoxy) is 2. The molecule has 1 aliphatic heterocycles. The van der Waals surface area contributed by atoms with Crippen LogP contribution in [0.15, 0.2) is 58.8 Å². The number of urea groups is 1. The molecule has 2 N–H and O–H groups in total. The molecule has 0 radical (unpaired) electrons. The SMILES string of the molecule is CCOC(=O)C1=C(CSc2ccc(-n3nc(C)cc3C)nn2)NC(=O)NC1c1ccc(OC)cc1. The van der Waals surface area contributed by atoms with E-state index >= 15 is 0 Å². The van der Waals surface area contributed by atoms with Crippen molar-refractivity contribution < 1.29 is 19.1 Å². The number of nitrogens with zero attached hydrogens (tertiary/aromatic N) is 4. The predicted octanol–water partition coefficient (Wildman–Crippen LogP) is 3.25. The lowest BCUT2D eigenvalue weighted by Gasteiger charge is -2.29. The van der Waals surface area contributed by atoms with Crippen molar-refractivity contribution in [3.8, 4) is 11.6 Å². The van der Waals surface area contributed by atoms with E-state index in [0.29, 0.717) is 33.6 Å². The fourth-order valence-electron chi connectivity index (χ4n) is 3.74. The number of hydrogen-bond donors (Lipinski definition) is 2. The van der Waals surface area contributed by atoms with E-state index in [-0.39, 0.29) is 6.61 Å². The normalized spacial score (nSPS) is 15.4. The summed E-state index contributed by atoms with van der Waals surface area (Å²) in [6, 6.07) is 11.7. The zero-order valence-corrected chi connectivity index (χ0v) is 20.7. The van der Waals surface area contributed by atoms with Crippen LogP contribution in [-0.4, -0.2) is 51.4 Å². The molecule has 182 valence electrons. The number of amides is 2. The molecule has 2 amide bonds. The molecule has 0 bridgehead atoms. The molecular weight excluding hydrogens is 468 g/mol. The molecule has 1 aliphatic rings. The van der Waals surface area contributed by atoms with Crippen LogP contribution >= 0.6 is 11.8 Å². The highest BCUT2D eigenvalue weighted by atomic mass is 32.2. The second-order valence-corrected chi connectivity index (χ2v) is 8.77. The first-order valence-electron chi connectivity index (χ1n) is 11.0. The van der Waals surface area contributed by atoms with E-state index in [0.717, 1.165) is 17.0 Å². The smallest absolute Gasteiger partial charge is 0.338 e. The van der Waals surface area contributed by atoms with Gasteiger partial charge in [0.25, 0.3) is 0 Å². The minimum Gasteiger partial charge on any atom is -0.497 e. The summed E-state index contributed by atoms with van der Waals surface area (Å²) in [6.07, 6.45) is 0. The van der Waals surface area contributed by atoms with Gasteiger partial charge in [-0.25, -0.2) is 14.3 Å². The van der Waals surface area contributed by atoms with Crippen LogP contribution < -0.4 is 15.4 Å². The van der Waals surface area contributed by atoms with Crippen LogP contribution in [0.2, 0.25) is 0 Å². The van der Waals surface area contributed by atoms with Crippen LogP contribution in [0.4, 0.5) is 4.79 Å². The average Bonchev–Trinajstić information content (AvgIpc) is 3.20. The van der Waals surface area contributed by atoms with Gasteiger partial charge in [-0.05, 0) is 56.7 Å². The third-order valence-corrected chi connectivity index (χ3v) is 6.26. The molecule has 0 fully saturated rings. The first-order chi connectivity index (χ1) is 16.9. The van der Waals surface area contributed by atoms with Crippen molar-refractivity contribution in [2.45, 2.75) is 31.8 Å². The Morgan fingerprint density at radius 3 is 2.51 bits per heavy atom. The zero-order valence-electron chi connectivity index (χ0n) is 19.9. The van der Waals surface area contributed by atoms with Crippen molar-refractivity contribution in [2.24, 2.45) is 0 Å². The fourth-order valence-corrected chi connectivity index (χ4v) is 4.52. The quantitative estimate of drug-likeness (QED) is 0.362. The summed E-state index contributed by atoms with van der Waals surface area (Å²) in [7, 11) is 1.58. The largest absolute Gasteiger partial charge is 0.497 e. The van der Waals surface area contributed by atoms with Crippen LogP contribution in [0.25, 0.3) is 5.82 Å². The zero-order chi connectivity index (χ0) is 24.9. The number of esters is 1. The van der Waals surface area contributed by atoms with Gasteiger partial charge < -0.3 is 20.1 Å². The molecule has 3 heterocycles. The number of benzene rings is 1. The van der Waals surface area contributed by atoms with Crippen molar-refractivity contribution in [3.63, 3.8) is 0 Å². The predicted molar refractivity (Wildman–Crippen MR) is 130 cm³/mol. The van der Waals surface area contributed by atoms with Gasteiger partial charge in [-0.15, -0.1) is 10.2 Å².